The summed E-state index contributed by atoms with van der Waals surface area (Å²) < 4.78 is 1.28. The van der Waals surface area contributed by atoms with E-state index in [1.54, 1.807) is 0 Å². The molecule has 164 valence electrons. The van der Waals surface area contributed by atoms with Gasteiger partial charge in [0.1, 0.15) is 0 Å². The second-order valence-corrected chi connectivity index (χ2v) is 8.07. The van der Waals surface area contributed by atoms with Gasteiger partial charge in [0.05, 0.1) is 26.2 Å². The summed E-state index contributed by atoms with van der Waals surface area (Å²) in [6.45, 7) is 20.2. The summed E-state index contributed by atoms with van der Waals surface area (Å²) >= 11 is 0. The Morgan fingerprint density at radius 3 is 1.67 bits per heavy atom. The van der Waals surface area contributed by atoms with Crippen LogP contribution in [0.25, 0.3) is 0 Å². The highest BCUT2D eigenvalue weighted by Gasteiger charge is 2.23. The molecule has 0 amide bonds. The molecule has 0 aliphatic rings. The monoisotopic (exact) mass is 402 g/mol. The number of rotatable bonds is 19. The van der Waals surface area contributed by atoms with Gasteiger partial charge in [-0.05, 0) is 45.9 Å². The van der Waals surface area contributed by atoms with Gasteiger partial charge in [-0.1, -0.05) is 78.2 Å². The van der Waals surface area contributed by atoms with Gasteiger partial charge < -0.3 is 16.9 Å². The third-order valence-electron chi connectivity index (χ3n) is 6.17. The number of quaternary nitrogens is 1. The van der Waals surface area contributed by atoms with Crippen molar-refractivity contribution in [2.24, 2.45) is 0 Å². The van der Waals surface area contributed by atoms with E-state index in [1.807, 2.05) is 0 Å². The Hall–Kier alpha value is -0.0500. The minimum atomic E-state index is 0. The van der Waals surface area contributed by atoms with E-state index >= 15 is 0 Å². The Bertz CT molecular complexity index is 316. The molecule has 3 heteroatoms. The molecule has 0 saturated carbocycles. The summed E-state index contributed by atoms with van der Waals surface area (Å²) in [5.41, 5.74) is 0. The van der Waals surface area contributed by atoms with Gasteiger partial charge in [0.15, 0.2) is 0 Å². The molecule has 27 heavy (non-hydrogen) atoms. The number of likely N-dealkylation sites (N-methyl/N-ethyl adjacent to an activating group) is 2. The van der Waals surface area contributed by atoms with Crippen molar-refractivity contribution in [2.45, 2.75) is 98.8 Å². The van der Waals surface area contributed by atoms with E-state index in [0.717, 1.165) is 0 Å². The highest BCUT2D eigenvalue weighted by Crippen LogP contribution is 2.14. The lowest BCUT2D eigenvalue weighted by molar-refractivity contribution is -0.921. The highest BCUT2D eigenvalue weighted by molar-refractivity contribution is 4.77. The first-order valence-electron chi connectivity index (χ1n) is 11.9. The second-order valence-electron chi connectivity index (χ2n) is 8.07. The fourth-order valence-electron chi connectivity index (χ4n) is 3.90. The van der Waals surface area contributed by atoms with Gasteiger partial charge >= 0.3 is 0 Å². The van der Waals surface area contributed by atoms with E-state index in [0.29, 0.717) is 0 Å². The predicted molar refractivity (Wildman–Crippen MR) is 120 cm³/mol. The van der Waals surface area contributed by atoms with Gasteiger partial charge in [-0.2, -0.15) is 0 Å². The standard InChI is InChI=1S/C24H51N2.ClH/c1-6-11-13-14-15-16-17-18-19-20-23-26(10-5,22-12-7-2)24-21-25(8-3)9-4;/h7,12H,6,8-11,13-24H2,1-5H3;1H/q+1;/p-1. The molecule has 0 aromatic heterocycles. The molecule has 0 aliphatic heterocycles. The molecule has 1 unspecified atom stereocenters. The molecule has 0 aliphatic carbocycles. The largest absolute Gasteiger partial charge is 1.00 e. The average molecular weight is 403 g/mol. The van der Waals surface area contributed by atoms with Crippen LogP contribution in [0, 0.1) is 0 Å². The van der Waals surface area contributed by atoms with Crippen molar-refractivity contribution in [3.05, 3.63) is 12.2 Å². The maximum atomic E-state index is 2.58. The molecule has 0 heterocycles. The molecule has 0 saturated heterocycles. The lowest BCUT2D eigenvalue weighted by Gasteiger charge is -2.38. The molecule has 0 aromatic carbocycles. The van der Waals surface area contributed by atoms with Crippen molar-refractivity contribution in [1.82, 2.24) is 4.90 Å². The first-order chi connectivity index (χ1) is 12.7. The average Bonchev–Trinajstić information content (AvgIpc) is 2.67. The third kappa shape index (κ3) is 15.5. The molecule has 0 radical (unpaired) electrons. The van der Waals surface area contributed by atoms with Crippen LogP contribution in [-0.4, -0.2) is 55.2 Å². The van der Waals surface area contributed by atoms with Crippen LogP contribution in [0.2, 0.25) is 0 Å². The highest BCUT2D eigenvalue weighted by atomic mass is 35.5. The van der Waals surface area contributed by atoms with Crippen molar-refractivity contribution in [3.63, 3.8) is 0 Å². The predicted octanol–water partition coefficient (Wildman–Crippen LogP) is 3.67. The van der Waals surface area contributed by atoms with E-state index in [9.17, 15) is 0 Å². The normalized spacial score (nSPS) is 13.9. The third-order valence-corrected chi connectivity index (χ3v) is 6.17. The van der Waals surface area contributed by atoms with E-state index in [2.05, 4.69) is 51.7 Å². The zero-order chi connectivity index (χ0) is 19.5. The van der Waals surface area contributed by atoms with Crippen LogP contribution in [-0.2, 0) is 0 Å². The van der Waals surface area contributed by atoms with Crippen LogP contribution in [0.3, 0.4) is 0 Å². The van der Waals surface area contributed by atoms with Crippen molar-refractivity contribution < 1.29 is 16.9 Å². The van der Waals surface area contributed by atoms with Crippen LogP contribution in [0.5, 0.6) is 0 Å². The number of allylic oxidation sites excluding steroid dienone is 1. The van der Waals surface area contributed by atoms with E-state index in [-0.39, 0.29) is 12.4 Å². The Labute approximate surface area is 178 Å². The summed E-state index contributed by atoms with van der Waals surface area (Å²) in [5, 5.41) is 0. The van der Waals surface area contributed by atoms with Gasteiger partial charge in [0.25, 0.3) is 0 Å². The van der Waals surface area contributed by atoms with Crippen LogP contribution in [0.4, 0.5) is 0 Å². The van der Waals surface area contributed by atoms with Gasteiger partial charge in [0.2, 0.25) is 0 Å². The number of halogens is 1. The molecule has 0 fully saturated rings. The molecule has 0 spiro atoms. The van der Waals surface area contributed by atoms with Gasteiger partial charge in [-0.15, -0.1) is 0 Å². The van der Waals surface area contributed by atoms with E-state index in [4.69, 9.17) is 0 Å². The second kappa shape index (κ2) is 20.7. The Morgan fingerprint density at radius 1 is 0.704 bits per heavy atom. The van der Waals surface area contributed by atoms with Crippen molar-refractivity contribution in [1.29, 1.82) is 0 Å². The Kier molecular flexibility index (Phi) is 22.3. The van der Waals surface area contributed by atoms with Crippen LogP contribution >= 0.6 is 0 Å². The van der Waals surface area contributed by atoms with E-state index in [1.165, 1.54) is 115 Å². The summed E-state index contributed by atoms with van der Waals surface area (Å²) in [4.78, 5) is 2.58. The minimum Gasteiger partial charge on any atom is -1.00 e. The summed E-state index contributed by atoms with van der Waals surface area (Å²) in [5.74, 6) is 0. The Morgan fingerprint density at radius 2 is 1.22 bits per heavy atom. The smallest absolute Gasteiger partial charge is 0.0973 e. The maximum absolute atomic E-state index is 2.58. The van der Waals surface area contributed by atoms with Crippen LogP contribution in [0.1, 0.15) is 98.8 Å². The molecule has 1 atom stereocenters. The molecule has 0 aromatic rings. The quantitative estimate of drug-likeness (QED) is 0.181. The zero-order valence-corrected chi connectivity index (χ0v) is 20.2. The molecule has 2 nitrogen and oxygen atoms in total. The molecule has 0 rings (SSSR count). The van der Waals surface area contributed by atoms with E-state index < -0.39 is 0 Å². The lowest BCUT2D eigenvalue weighted by Crippen LogP contribution is -3.00. The number of nitrogens with zero attached hydrogens (tertiary/aromatic N) is 2. The minimum absolute atomic E-state index is 0. The molecular formula is C24H51ClN2. The maximum Gasteiger partial charge on any atom is 0.0973 e. The van der Waals surface area contributed by atoms with Crippen molar-refractivity contribution >= 4 is 0 Å². The number of unbranched alkanes of at least 4 members (excludes halogenated alkanes) is 9. The fraction of sp³-hybridized carbons (Fsp3) is 0.917. The molecular weight excluding hydrogens is 352 g/mol. The first kappa shape index (κ1) is 29.2. The van der Waals surface area contributed by atoms with Crippen molar-refractivity contribution in [3.8, 4) is 0 Å². The molecule has 0 N–H and O–H groups in total. The lowest BCUT2D eigenvalue weighted by atomic mass is 10.1. The van der Waals surface area contributed by atoms with Crippen LogP contribution in [0.15, 0.2) is 12.2 Å². The SMILES string of the molecule is CC=CC[N+](CC)(CCCCCCCCCCCC)CCN(CC)CC.[Cl-]. The summed E-state index contributed by atoms with van der Waals surface area (Å²) in [6, 6.07) is 0. The van der Waals surface area contributed by atoms with Gasteiger partial charge in [0, 0.05) is 6.54 Å². The first-order valence-corrected chi connectivity index (χ1v) is 11.9. The van der Waals surface area contributed by atoms with Gasteiger partial charge in [-0.25, -0.2) is 0 Å². The fourth-order valence-corrected chi connectivity index (χ4v) is 3.90. The molecule has 0 bridgehead atoms. The van der Waals surface area contributed by atoms with Crippen LogP contribution < -0.4 is 12.4 Å². The number of hydrogen-bond donors (Lipinski definition) is 0. The van der Waals surface area contributed by atoms with Crippen molar-refractivity contribution in [2.75, 3.05) is 45.8 Å². The zero-order valence-electron chi connectivity index (χ0n) is 19.4. The number of hydrogen-bond acceptors (Lipinski definition) is 1. The topological polar surface area (TPSA) is 3.24 Å². The van der Waals surface area contributed by atoms with Gasteiger partial charge in [-0.3, -0.25) is 4.90 Å². The summed E-state index contributed by atoms with van der Waals surface area (Å²) in [6.07, 6.45) is 19.0. The summed E-state index contributed by atoms with van der Waals surface area (Å²) in [7, 11) is 0. The Balaban J connectivity index is 0.